The molecule has 1 aliphatic heterocycles. The zero-order chi connectivity index (χ0) is 17.3. The van der Waals surface area contributed by atoms with E-state index >= 15 is 0 Å². The average Bonchev–Trinajstić information content (AvgIpc) is 3.14. The Morgan fingerprint density at radius 1 is 1.29 bits per heavy atom. The standard InChI is InChI=1S/C16H21N3O4S/c1-11-16(12(2)23-17-11)24(20,21)18-13-4-6-14(7-5-13)19-9-8-15(10-19)22-3/h4-7,15,18H,8-10H2,1-3H3. The van der Waals surface area contributed by atoms with Gasteiger partial charge in [0.2, 0.25) is 0 Å². The molecular formula is C16H21N3O4S. The molecule has 2 aromatic rings. The number of sulfonamides is 1. The van der Waals surface area contributed by atoms with Gasteiger partial charge in [-0.1, -0.05) is 5.16 Å². The van der Waals surface area contributed by atoms with E-state index in [2.05, 4.69) is 14.8 Å². The number of benzene rings is 1. The molecular weight excluding hydrogens is 330 g/mol. The maximum Gasteiger partial charge on any atom is 0.267 e. The van der Waals surface area contributed by atoms with E-state index in [1.165, 1.54) is 0 Å². The minimum Gasteiger partial charge on any atom is -0.380 e. The molecule has 1 saturated heterocycles. The number of nitrogens with zero attached hydrogens (tertiary/aromatic N) is 2. The second-order valence-electron chi connectivity index (χ2n) is 5.90. The van der Waals surface area contributed by atoms with Crippen LogP contribution in [0.5, 0.6) is 0 Å². The molecule has 7 nitrogen and oxygen atoms in total. The monoisotopic (exact) mass is 351 g/mol. The zero-order valence-electron chi connectivity index (χ0n) is 13.9. The summed E-state index contributed by atoms with van der Waals surface area (Å²) in [6.07, 6.45) is 1.25. The van der Waals surface area contributed by atoms with Crippen LogP contribution >= 0.6 is 0 Å². The number of methoxy groups -OCH3 is 1. The summed E-state index contributed by atoms with van der Waals surface area (Å²) in [5.74, 6) is 0.277. The molecule has 2 heterocycles. The molecule has 0 saturated carbocycles. The zero-order valence-corrected chi connectivity index (χ0v) is 14.8. The second-order valence-corrected chi connectivity index (χ2v) is 7.52. The Balaban J connectivity index is 1.75. The third-order valence-electron chi connectivity index (χ3n) is 4.20. The van der Waals surface area contributed by atoms with Gasteiger partial charge in [-0.25, -0.2) is 8.42 Å². The first-order valence-electron chi connectivity index (χ1n) is 7.74. The molecule has 0 bridgehead atoms. The average molecular weight is 351 g/mol. The van der Waals surface area contributed by atoms with E-state index in [0.717, 1.165) is 25.2 Å². The highest BCUT2D eigenvalue weighted by molar-refractivity contribution is 7.92. The highest BCUT2D eigenvalue weighted by Gasteiger charge is 2.25. The van der Waals surface area contributed by atoms with E-state index in [-0.39, 0.29) is 16.8 Å². The van der Waals surface area contributed by atoms with Gasteiger partial charge in [0, 0.05) is 31.6 Å². The molecule has 0 amide bonds. The normalized spacial score (nSPS) is 18.1. The number of hydrogen-bond donors (Lipinski definition) is 1. The number of anilines is 2. The van der Waals surface area contributed by atoms with E-state index in [1.807, 2.05) is 12.1 Å². The minimum atomic E-state index is -3.72. The van der Waals surface area contributed by atoms with Crippen LogP contribution in [-0.4, -0.2) is 39.9 Å². The van der Waals surface area contributed by atoms with Gasteiger partial charge in [0.25, 0.3) is 10.0 Å². The molecule has 1 fully saturated rings. The molecule has 130 valence electrons. The molecule has 24 heavy (non-hydrogen) atoms. The van der Waals surface area contributed by atoms with Crippen molar-refractivity contribution in [1.82, 2.24) is 5.16 Å². The summed E-state index contributed by atoms with van der Waals surface area (Å²) in [4.78, 5) is 2.31. The Morgan fingerprint density at radius 3 is 2.54 bits per heavy atom. The molecule has 1 aliphatic rings. The van der Waals surface area contributed by atoms with Crippen molar-refractivity contribution in [1.29, 1.82) is 0 Å². The topological polar surface area (TPSA) is 84.7 Å². The number of hydrogen-bond acceptors (Lipinski definition) is 6. The summed E-state index contributed by atoms with van der Waals surface area (Å²) in [5.41, 5.74) is 1.90. The van der Waals surface area contributed by atoms with Crippen LogP contribution in [0.3, 0.4) is 0 Å². The largest absolute Gasteiger partial charge is 0.380 e. The SMILES string of the molecule is COC1CCN(c2ccc(NS(=O)(=O)c3c(C)noc3C)cc2)C1. The summed E-state index contributed by atoms with van der Waals surface area (Å²) < 4.78 is 37.9. The van der Waals surface area contributed by atoms with Crippen LogP contribution in [0, 0.1) is 13.8 Å². The molecule has 1 atom stereocenters. The number of nitrogens with one attached hydrogen (secondary N) is 1. The van der Waals surface area contributed by atoms with Crippen LogP contribution in [0.2, 0.25) is 0 Å². The summed E-state index contributed by atoms with van der Waals surface area (Å²) >= 11 is 0. The lowest BCUT2D eigenvalue weighted by Gasteiger charge is -2.18. The van der Waals surface area contributed by atoms with Gasteiger partial charge in [-0.3, -0.25) is 4.72 Å². The van der Waals surface area contributed by atoms with Crippen LogP contribution in [0.15, 0.2) is 33.7 Å². The van der Waals surface area contributed by atoms with Crippen molar-refractivity contribution in [3.05, 3.63) is 35.7 Å². The molecule has 3 rings (SSSR count). The lowest BCUT2D eigenvalue weighted by molar-refractivity contribution is 0.121. The highest BCUT2D eigenvalue weighted by atomic mass is 32.2. The molecule has 0 aliphatic carbocycles. The van der Waals surface area contributed by atoms with Gasteiger partial charge in [0.15, 0.2) is 10.7 Å². The van der Waals surface area contributed by atoms with E-state index < -0.39 is 10.0 Å². The van der Waals surface area contributed by atoms with Crippen LogP contribution in [0.1, 0.15) is 17.9 Å². The predicted octanol–water partition coefficient (Wildman–Crippen LogP) is 2.32. The Morgan fingerprint density at radius 2 is 2.00 bits per heavy atom. The van der Waals surface area contributed by atoms with Crippen LogP contribution in [0.25, 0.3) is 0 Å². The fourth-order valence-corrected chi connectivity index (χ4v) is 4.35. The van der Waals surface area contributed by atoms with Crippen molar-refractivity contribution >= 4 is 21.4 Å². The Labute approximate surface area is 141 Å². The van der Waals surface area contributed by atoms with E-state index in [9.17, 15) is 8.42 Å². The van der Waals surface area contributed by atoms with Crippen LogP contribution in [0.4, 0.5) is 11.4 Å². The van der Waals surface area contributed by atoms with E-state index in [4.69, 9.17) is 9.26 Å². The fraction of sp³-hybridized carbons (Fsp3) is 0.438. The first-order valence-corrected chi connectivity index (χ1v) is 9.22. The maximum atomic E-state index is 12.5. The first-order chi connectivity index (χ1) is 11.4. The van der Waals surface area contributed by atoms with Crippen molar-refractivity contribution < 1.29 is 17.7 Å². The molecule has 8 heteroatoms. The minimum absolute atomic E-state index is 0.0917. The van der Waals surface area contributed by atoms with Crippen molar-refractivity contribution in [2.24, 2.45) is 0 Å². The summed E-state index contributed by atoms with van der Waals surface area (Å²) in [7, 11) is -1.99. The van der Waals surface area contributed by atoms with Gasteiger partial charge in [0.1, 0.15) is 5.69 Å². The Bertz CT molecular complexity index is 795. The number of aromatic nitrogens is 1. The third-order valence-corrected chi connectivity index (χ3v) is 5.82. The van der Waals surface area contributed by atoms with Gasteiger partial charge in [0.05, 0.1) is 6.10 Å². The molecule has 0 radical (unpaired) electrons. The van der Waals surface area contributed by atoms with E-state index in [0.29, 0.717) is 11.4 Å². The summed E-state index contributed by atoms with van der Waals surface area (Å²) in [6.45, 7) is 4.97. The fourth-order valence-electron chi connectivity index (χ4n) is 2.96. The lowest BCUT2D eigenvalue weighted by Crippen LogP contribution is -2.22. The Hall–Kier alpha value is -2.06. The molecule has 1 aromatic carbocycles. The van der Waals surface area contributed by atoms with Crippen molar-refractivity contribution in [3.8, 4) is 0 Å². The smallest absolute Gasteiger partial charge is 0.267 e. The van der Waals surface area contributed by atoms with Gasteiger partial charge in [-0.15, -0.1) is 0 Å². The van der Waals surface area contributed by atoms with Crippen LogP contribution in [-0.2, 0) is 14.8 Å². The van der Waals surface area contributed by atoms with Crippen molar-refractivity contribution in [3.63, 3.8) is 0 Å². The number of ether oxygens (including phenoxy) is 1. The molecule has 1 unspecified atom stereocenters. The lowest BCUT2D eigenvalue weighted by atomic mass is 10.2. The second kappa shape index (κ2) is 6.45. The summed E-state index contributed by atoms with van der Waals surface area (Å²) in [5, 5.41) is 3.69. The molecule has 1 N–H and O–H groups in total. The van der Waals surface area contributed by atoms with Crippen molar-refractivity contribution in [2.45, 2.75) is 31.3 Å². The third kappa shape index (κ3) is 3.25. The first kappa shape index (κ1) is 16.8. The highest BCUT2D eigenvalue weighted by Crippen LogP contribution is 2.26. The van der Waals surface area contributed by atoms with E-state index in [1.54, 1.807) is 33.1 Å². The van der Waals surface area contributed by atoms with Crippen molar-refractivity contribution in [2.75, 3.05) is 29.8 Å². The number of aryl methyl sites for hydroxylation is 2. The Kier molecular flexibility index (Phi) is 4.51. The quantitative estimate of drug-likeness (QED) is 0.890. The molecule has 0 spiro atoms. The summed E-state index contributed by atoms with van der Waals surface area (Å²) in [6, 6.07) is 7.32. The van der Waals surface area contributed by atoms with Gasteiger partial charge < -0.3 is 14.2 Å². The van der Waals surface area contributed by atoms with Gasteiger partial charge in [-0.2, -0.15) is 0 Å². The molecule has 1 aromatic heterocycles. The van der Waals surface area contributed by atoms with Gasteiger partial charge >= 0.3 is 0 Å². The maximum absolute atomic E-state index is 12.5. The number of rotatable bonds is 5. The predicted molar refractivity (Wildman–Crippen MR) is 90.9 cm³/mol. The van der Waals surface area contributed by atoms with Gasteiger partial charge in [-0.05, 0) is 44.5 Å². The van der Waals surface area contributed by atoms with Crippen LogP contribution < -0.4 is 9.62 Å².